The number of methoxy groups -OCH3 is 2. The van der Waals surface area contributed by atoms with Crippen molar-refractivity contribution in [2.75, 3.05) is 41.4 Å². The van der Waals surface area contributed by atoms with E-state index in [-0.39, 0.29) is 38.6 Å². The van der Waals surface area contributed by atoms with Gasteiger partial charge >= 0.3 is 41.5 Å². The minimum atomic E-state index is -1.80. The predicted octanol–water partition coefficient (Wildman–Crippen LogP) is 1.04. The molecule has 1 aromatic heterocycles. The Labute approximate surface area is 481 Å². The van der Waals surface area contributed by atoms with Crippen LogP contribution in [0.4, 0.5) is 0 Å². The molecule has 28 heteroatoms. The summed E-state index contributed by atoms with van der Waals surface area (Å²) >= 11 is 0. The van der Waals surface area contributed by atoms with Crippen molar-refractivity contribution in [2.45, 2.75) is 222 Å². The molecule has 17 atom stereocenters. The van der Waals surface area contributed by atoms with Gasteiger partial charge in [0, 0.05) is 72.3 Å². The van der Waals surface area contributed by atoms with Crippen LogP contribution in [-0.2, 0) is 80.9 Å². The molecule has 0 radical (unpaired) electrons. The number of carboxylic acid groups (broad SMARTS) is 2. The number of aromatic nitrogens is 2. The van der Waals surface area contributed by atoms with Crippen molar-refractivity contribution in [3.63, 3.8) is 0 Å². The molecule has 4 fully saturated rings. The number of nitrogens with one attached hydrogen (secondary N) is 1. The standard InChI is InChI=1S/C55H85N5O23/c1-8-10-11-12-13-14-15-16-17-18-31(76-41(67)23-30(3)24-42(68)82-54-51(75-7)50(48(74-6)34(9-2)79-54)81-40(66)20-19-39(64)65)25-43(69)77-36-29-58(4)46(52(70)59(5)45(36)53(71)72)49(83-44-27-32(61)35(28-56)78-44)47-33(62)26-38(80-47)60-22-21-37(63)57-55(60)73/h14-15,21-22,30-36,38,44-51,54,61-62H,8-13,16-20,23-29,56H2,1-7H3,(H,64,65)(H,71,72)(H,57,63,73)/b15-14+. The first-order valence-corrected chi connectivity index (χ1v) is 28.4. The number of aromatic amines is 1. The number of nitrogens with zero attached hydrogens (tertiary/aromatic N) is 3. The molecule has 0 aromatic carbocycles. The Kier molecular flexibility index (Phi) is 27.2. The number of amides is 1. The highest BCUT2D eigenvalue weighted by molar-refractivity contribution is 5.89. The van der Waals surface area contributed by atoms with Gasteiger partial charge in [0.15, 0.2) is 24.5 Å². The molecule has 0 saturated carbocycles. The number of H-pyrrole nitrogens is 1. The number of carboxylic acids is 2. The van der Waals surface area contributed by atoms with Gasteiger partial charge in [0.25, 0.3) is 5.56 Å². The predicted molar refractivity (Wildman–Crippen MR) is 288 cm³/mol. The van der Waals surface area contributed by atoms with Gasteiger partial charge in [-0.3, -0.25) is 48.0 Å². The normalized spacial score (nSPS) is 29.7. The molecule has 468 valence electrons. The number of aliphatic carboxylic acids is 2. The summed E-state index contributed by atoms with van der Waals surface area (Å²) in [5.41, 5.74) is 4.28. The van der Waals surface area contributed by atoms with Crippen LogP contribution in [0.3, 0.4) is 0 Å². The monoisotopic (exact) mass is 1180 g/mol. The third kappa shape index (κ3) is 19.4. The molecule has 0 bridgehead atoms. The SMILES string of the molecule is CCCCCC/C=C/CCCC(CC(=O)OC1CN(C)C(C(OC2CC(O)C(CN)O2)C2OC(n3ccc(=O)[nH]c3=O)CC2O)C(=O)N(C)C1C(=O)O)OC(=O)CC(C)CC(=O)OC1OC(CC)C(OC)C(OC(=O)CCC(=O)O)C1OC. The van der Waals surface area contributed by atoms with E-state index < -0.39 is 183 Å². The third-order valence-corrected chi connectivity index (χ3v) is 15.1. The van der Waals surface area contributed by atoms with E-state index >= 15 is 0 Å². The number of carbonyl (C=O) groups is 7. The molecule has 28 nitrogen and oxygen atoms in total. The Morgan fingerprint density at radius 3 is 2.11 bits per heavy atom. The lowest BCUT2D eigenvalue weighted by atomic mass is 9.96. The van der Waals surface area contributed by atoms with Gasteiger partial charge < -0.3 is 78.4 Å². The molecule has 5 rings (SSSR count). The van der Waals surface area contributed by atoms with Crippen LogP contribution in [0.1, 0.15) is 130 Å². The van der Waals surface area contributed by atoms with Crippen LogP contribution in [0.5, 0.6) is 0 Å². The summed E-state index contributed by atoms with van der Waals surface area (Å²) < 4.78 is 59.8. The van der Waals surface area contributed by atoms with Crippen molar-refractivity contribution in [3.05, 3.63) is 45.3 Å². The van der Waals surface area contributed by atoms with Crippen LogP contribution in [0.15, 0.2) is 34.0 Å². The number of hydrogen-bond donors (Lipinski definition) is 6. The molecule has 17 unspecified atom stereocenters. The first-order chi connectivity index (χ1) is 39.5. The Bertz CT molecular complexity index is 2460. The van der Waals surface area contributed by atoms with Gasteiger partial charge in [-0.1, -0.05) is 52.2 Å². The summed E-state index contributed by atoms with van der Waals surface area (Å²) in [4.78, 5) is 122. The van der Waals surface area contributed by atoms with Crippen molar-refractivity contribution < 1.29 is 101 Å². The quantitative estimate of drug-likeness (QED) is 0.0254. The molecule has 1 amide bonds. The zero-order valence-electron chi connectivity index (χ0n) is 48.3. The molecule has 4 saturated heterocycles. The molecule has 4 aliphatic heterocycles. The van der Waals surface area contributed by atoms with Gasteiger partial charge in [-0.05, 0) is 51.5 Å². The lowest BCUT2D eigenvalue weighted by Crippen LogP contribution is -2.61. The van der Waals surface area contributed by atoms with E-state index in [0.717, 1.165) is 47.6 Å². The fourth-order valence-corrected chi connectivity index (χ4v) is 10.8. The number of rotatable bonds is 32. The van der Waals surface area contributed by atoms with E-state index in [0.29, 0.717) is 19.3 Å². The van der Waals surface area contributed by atoms with Crippen LogP contribution in [0, 0.1) is 5.92 Å². The van der Waals surface area contributed by atoms with Crippen molar-refractivity contribution in [1.82, 2.24) is 19.4 Å². The maximum Gasteiger partial charge on any atom is 0.330 e. The van der Waals surface area contributed by atoms with Gasteiger partial charge in [-0.15, -0.1) is 0 Å². The Balaban J connectivity index is 1.31. The van der Waals surface area contributed by atoms with Crippen molar-refractivity contribution in [1.29, 1.82) is 0 Å². The molecule has 1 aromatic rings. The second kappa shape index (κ2) is 33.1. The fraction of sp³-hybridized carbons (Fsp3) is 0.764. The maximum absolute atomic E-state index is 14.7. The van der Waals surface area contributed by atoms with Gasteiger partial charge in [-0.25, -0.2) is 9.59 Å². The lowest BCUT2D eigenvalue weighted by Gasteiger charge is -2.44. The number of likely N-dealkylation sites (N-methyl/N-ethyl adjacent to an activating group) is 2. The summed E-state index contributed by atoms with van der Waals surface area (Å²) in [7, 11) is 5.28. The third-order valence-electron chi connectivity index (χ3n) is 15.1. The molecular weight excluding hydrogens is 1100 g/mol. The number of allylic oxidation sites excluding steroid dienone is 2. The zero-order valence-corrected chi connectivity index (χ0v) is 48.3. The highest BCUT2D eigenvalue weighted by Crippen LogP contribution is 2.37. The second-order valence-corrected chi connectivity index (χ2v) is 21.5. The minimum absolute atomic E-state index is 0.0931. The number of nitrogens with two attached hydrogens (primary N) is 1. The number of hydrogen-bond acceptors (Lipinski definition) is 23. The Hall–Kier alpha value is -5.69. The molecule has 0 aliphatic carbocycles. The van der Waals surface area contributed by atoms with Crippen molar-refractivity contribution >= 4 is 41.7 Å². The summed E-state index contributed by atoms with van der Waals surface area (Å²) in [6, 6.07) is -2.21. The van der Waals surface area contributed by atoms with Crippen LogP contribution in [0.2, 0.25) is 0 Å². The topological polar surface area (TPSA) is 380 Å². The van der Waals surface area contributed by atoms with Gasteiger partial charge in [0.05, 0.1) is 43.7 Å². The molecule has 0 spiro atoms. The highest BCUT2D eigenvalue weighted by Gasteiger charge is 2.54. The largest absolute Gasteiger partial charge is 0.481 e. The first kappa shape index (κ1) is 68.1. The second-order valence-electron chi connectivity index (χ2n) is 21.5. The van der Waals surface area contributed by atoms with E-state index in [1.807, 2.05) is 6.08 Å². The van der Waals surface area contributed by atoms with E-state index in [1.54, 1.807) is 13.8 Å². The van der Waals surface area contributed by atoms with E-state index in [2.05, 4.69) is 18.0 Å². The number of aliphatic hydroxyl groups is 2. The summed E-state index contributed by atoms with van der Waals surface area (Å²) in [6.07, 6.45) is -7.12. The van der Waals surface area contributed by atoms with E-state index in [9.17, 15) is 58.5 Å². The molecular formula is C55H85N5O23. The highest BCUT2D eigenvalue weighted by atomic mass is 16.7. The number of unbranched alkanes of at least 4 members (excludes halogenated alkanes) is 5. The Morgan fingerprint density at radius 1 is 0.795 bits per heavy atom. The number of ether oxygens (including phenoxy) is 10. The average Bonchev–Trinajstić information content (AvgIpc) is 3.23. The van der Waals surface area contributed by atoms with Crippen LogP contribution >= 0.6 is 0 Å². The maximum atomic E-state index is 14.7. The average molecular weight is 1180 g/mol. The van der Waals surface area contributed by atoms with Crippen molar-refractivity contribution in [2.24, 2.45) is 11.7 Å². The number of esters is 4. The number of aliphatic hydroxyl groups excluding tert-OH is 2. The van der Waals surface area contributed by atoms with Gasteiger partial charge in [0.2, 0.25) is 12.2 Å². The van der Waals surface area contributed by atoms with Crippen molar-refractivity contribution in [3.8, 4) is 0 Å². The van der Waals surface area contributed by atoms with Crippen LogP contribution < -0.4 is 17.0 Å². The molecule has 7 N–H and O–H groups in total. The van der Waals surface area contributed by atoms with Crippen LogP contribution in [-0.4, -0.2) is 215 Å². The summed E-state index contributed by atoms with van der Waals surface area (Å²) in [5.74, 6) is -7.72. The lowest BCUT2D eigenvalue weighted by molar-refractivity contribution is -0.299. The first-order valence-electron chi connectivity index (χ1n) is 28.4. The van der Waals surface area contributed by atoms with E-state index in [1.165, 1.54) is 39.4 Å². The van der Waals surface area contributed by atoms with Gasteiger partial charge in [0.1, 0.15) is 42.8 Å². The van der Waals surface area contributed by atoms with Crippen LogP contribution in [0.25, 0.3) is 0 Å². The number of carbonyl (C=O) groups excluding carboxylic acids is 5. The summed E-state index contributed by atoms with van der Waals surface area (Å²) in [6.45, 7) is 4.98. The summed E-state index contributed by atoms with van der Waals surface area (Å²) in [5, 5.41) is 42.0. The molecule has 5 heterocycles. The van der Waals surface area contributed by atoms with Gasteiger partial charge in [-0.2, -0.15) is 0 Å². The molecule has 83 heavy (non-hydrogen) atoms. The zero-order chi connectivity index (χ0) is 61.1. The molecule has 4 aliphatic rings. The smallest absolute Gasteiger partial charge is 0.330 e. The minimum Gasteiger partial charge on any atom is -0.481 e. The van der Waals surface area contributed by atoms with E-state index in [4.69, 9.17) is 58.2 Å². The Morgan fingerprint density at radius 2 is 1.48 bits per heavy atom. The fourth-order valence-electron chi connectivity index (χ4n) is 10.8.